The van der Waals surface area contributed by atoms with Crippen molar-refractivity contribution in [2.45, 2.75) is 12.2 Å². The third-order valence-corrected chi connectivity index (χ3v) is 2.47. The Morgan fingerprint density at radius 2 is 2.33 bits per heavy atom. The van der Waals surface area contributed by atoms with Gasteiger partial charge in [0.1, 0.15) is 10.3 Å². The van der Waals surface area contributed by atoms with Crippen molar-refractivity contribution in [2.75, 3.05) is 0 Å². The Morgan fingerprint density at radius 1 is 1.75 bits per heavy atom. The summed E-state index contributed by atoms with van der Waals surface area (Å²) in [5.41, 5.74) is 0. The third kappa shape index (κ3) is 1.26. The van der Waals surface area contributed by atoms with Crippen LogP contribution in [0.5, 0.6) is 0 Å². The molecule has 0 saturated heterocycles. The Hall–Kier alpha value is -0.780. The first-order valence-electron chi connectivity index (χ1n) is 3.04. The summed E-state index contributed by atoms with van der Waals surface area (Å²) >= 11 is 2.51. The van der Waals surface area contributed by atoms with Crippen LogP contribution >= 0.6 is 15.9 Å². The van der Waals surface area contributed by atoms with Crippen molar-refractivity contribution in [3.05, 3.63) is 32.6 Å². The van der Waals surface area contributed by atoms with Crippen molar-refractivity contribution >= 4 is 15.9 Å². The van der Waals surface area contributed by atoms with Gasteiger partial charge in [-0.15, -0.1) is 0 Å². The quantitative estimate of drug-likeness (QED) is 0.401. The first-order valence-corrected chi connectivity index (χ1v) is 3.83. The van der Waals surface area contributed by atoms with E-state index in [2.05, 4.69) is 15.9 Å². The number of hydrogen-bond acceptors (Lipinski definition) is 2. The molecule has 0 N–H and O–H groups in total. The van der Waals surface area contributed by atoms with Gasteiger partial charge in [0.2, 0.25) is 0 Å². The van der Waals surface area contributed by atoms with Crippen molar-refractivity contribution in [1.29, 1.82) is 0 Å². The van der Waals surface area contributed by atoms with Gasteiger partial charge in [-0.1, -0.05) is 6.08 Å². The fraction of sp³-hybridized carbons (Fsp3) is 0.333. The van der Waals surface area contributed by atoms with E-state index in [0.717, 1.165) is 12.2 Å². The molecule has 0 fully saturated rings. The zero-order valence-corrected chi connectivity index (χ0v) is 7.35. The Labute approximate surface area is 75.0 Å². The molecule has 6 heteroatoms. The number of hydrogen-bond donors (Lipinski definition) is 0. The summed E-state index contributed by atoms with van der Waals surface area (Å²) in [4.78, 5) is 9.05. The minimum absolute atomic E-state index is 0.450. The number of rotatable bonds is 1. The van der Waals surface area contributed by atoms with Gasteiger partial charge in [0.05, 0.1) is 11.3 Å². The highest BCUT2D eigenvalue weighted by Crippen LogP contribution is 2.37. The van der Waals surface area contributed by atoms with Gasteiger partial charge >= 0.3 is 5.79 Å². The Kier molecular flexibility index (Phi) is 2.27. The minimum Gasteiger partial charge on any atom is -0.261 e. The molecule has 0 aromatic rings. The van der Waals surface area contributed by atoms with Crippen LogP contribution < -0.4 is 0 Å². The molecule has 0 spiro atoms. The van der Waals surface area contributed by atoms with Crippen LogP contribution in [-0.4, -0.2) is 10.7 Å². The molecule has 0 aromatic heterocycles. The largest absolute Gasteiger partial charge is 0.397 e. The van der Waals surface area contributed by atoms with Gasteiger partial charge in [0.25, 0.3) is 0 Å². The maximum atomic E-state index is 13.2. The zero-order valence-electron chi connectivity index (χ0n) is 5.76. The molecule has 0 radical (unpaired) electrons. The first kappa shape index (κ1) is 9.31. The van der Waals surface area contributed by atoms with Gasteiger partial charge in [0, 0.05) is 0 Å². The minimum atomic E-state index is -2.83. The van der Waals surface area contributed by atoms with E-state index in [1.54, 1.807) is 0 Å². The molecular weight excluding hydrogens is 236 g/mol. The zero-order chi connectivity index (χ0) is 9.35. The van der Waals surface area contributed by atoms with E-state index in [-0.39, 0.29) is 0 Å². The first-order chi connectivity index (χ1) is 5.48. The average molecular weight is 240 g/mol. The van der Waals surface area contributed by atoms with E-state index in [9.17, 15) is 18.9 Å². The van der Waals surface area contributed by atoms with Crippen LogP contribution in [0.1, 0.15) is 6.42 Å². The van der Waals surface area contributed by atoms with Crippen LogP contribution in [0, 0.1) is 10.1 Å². The van der Waals surface area contributed by atoms with Gasteiger partial charge in [0.15, 0.2) is 0 Å². The summed E-state index contributed by atoms with van der Waals surface area (Å²) in [6.45, 7) is 0. The SMILES string of the molecule is O=[N+]([O-])C1(F)CC=CC(F)=C1Br. The second kappa shape index (κ2) is 2.93. The Balaban J connectivity index is 3.12. The van der Waals surface area contributed by atoms with E-state index in [4.69, 9.17) is 0 Å². The summed E-state index contributed by atoms with van der Waals surface area (Å²) in [6, 6.07) is 0. The van der Waals surface area contributed by atoms with Crippen LogP contribution in [-0.2, 0) is 0 Å². The molecule has 0 aliphatic heterocycles. The van der Waals surface area contributed by atoms with Crippen molar-refractivity contribution < 1.29 is 13.7 Å². The lowest BCUT2D eigenvalue weighted by atomic mass is 10.1. The highest BCUT2D eigenvalue weighted by molar-refractivity contribution is 9.11. The number of allylic oxidation sites excluding steroid dienone is 2. The molecule has 0 amide bonds. The highest BCUT2D eigenvalue weighted by atomic mass is 79.9. The molecule has 0 heterocycles. The molecule has 3 nitrogen and oxygen atoms in total. The molecule has 0 saturated carbocycles. The fourth-order valence-electron chi connectivity index (χ4n) is 0.819. The number of alkyl halides is 1. The maximum absolute atomic E-state index is 13.2. The van der Waals surface area contributed by atoms with Crippen molar-refractivity contribution in [3.63, 3.8) is 0 Å². The summed E-state index contributed by atoms with van der Waals surface area (Å²) in [6.07, 6.45) is 1.63. The van der Waals surface area contributed by atoms with Crippen molar-refractivity contribution in [2.24, 2.45) is 0 Å². The van der Waals surface area contributed by atoms with Crippen molar-refractivity contribution in [3.8, 4) is 0 Å². The van der Waals surface area contributed by atoms with Gasteiger partial charge < -0.3 is 0 Å². The van der Waals surface area contributed by atoms with Gasteiger partial charge in [-0.2, -0.15) is 4.39 Å². The predicted molar refractivity (Wildman–Crippen MR) is 41.7 cm³/mol. The normalized spacial score (nSPS) is 29.2. The number of halogens is 3. The summed E-state index contributed by atoms with van der Waals surface area (Å²) in [5.74, 6) is -3.78. The molecule has 1 rings (SSSR count). The summed E-state index contributed by atoms with van der Waals surface area (Å²) in [5, 5.41) is 10.2. The second-order valence-corrected chi connectivity index (χ2v) is 3.08. The summed E-state index contributed by atoms with van der Waals surface area (Å²) in [7, 11) is 0. The van der Waals surface area contributed by atoms with E-state index in [1.807, 2.05) is 0 Å². The van der Waals surface area contributed by atoms with Crippen LogP contribution in [0.15, 0.2) is 22.5 Å². The molecule has 1 aliphatic rings. The molecule has 12 heavy (non-hydrogen) atoms. The smallest absolute Gasteiger partial charge is 0.261 e. The number of nitro groups is 1. The van der Waals surface area contributed by atoms with Gasteiger partial charge in [-0.3, -0.25) is 10.1 Å². The van der Waals surface area contributed by atoms with E-state index >= 15 is 0 Å². The van der Waals surface area contributed by atoms with Crippen molar-refractivity contribution in [1.82, 2.24) is 0 Å². The molecular formula is C6H4BrF2NO2. The van der Waals surface area contributed by atoms with Crippen LogP contribution in [0.4, 0.5) is 8.78 Å². The van der Waals surface area contributed by atoms with E-state index in [0.29, 0.717) is 0 Å². The standard InChI is InChI=1S/C6H4BrF2NO2/c7-5-4(8)2-1-3-6(5,9)10(11)12/h1-2H,3H2. The van der Waals surface area contributed by atoms with E-state index < -0.39 is 27.4 Å². The maximum Gasteiger partial charge on any atom is 0.397 e. The molecule has 1 unspecified atom stereocenters. The lowest BCUT2D eigenvalue weighted by Gasteiger charge is -2.17. The molecule has 0 bridgehead atoms. The monoisotopic (exact) mass is 239 g/mol. The van der Waals surface area contributed by atoms with Crippen LogP contribution in [0.25, 0.3) is 0 Å². The van der Waals surface area contributed by atoms with Gasteiger partial charge in [-0.05, 0) is 22.0 Å². The van der Waals surface area contributed by atoms with Gasteiger partial charge in [-0.25, -0.2) is 4.39 Å². The lowest BCUT2D eigenvalue weighted by Crippen LogP contribution is -2.34. The lowest BCUT2D eigenvalue weighted by molar-refractivity contribution is -0.590. The second-order valence-electron chi connectivity index (χ2n) is 2.28. The summed E-state index contributed by atoms with van der Waals surface area (Å²) < 4.78 is 25.2. The predicted octanol–water partition coefficient (Wildman–Crippen LogP) is 2.46. The van der Waals surface area contributed by atoms with E-state index in [1.165, 1.54) is 0 Å². The fourth-order valence-corrected chi connectivity index (χ4v) is 1.26. The topological polar surface area (TPSA) is 43.1 Å². The average Bonchev–Trinajstić information content (AvgIpc) is 2.00. The Morgan fingerprint density at radius 3 is 2.75 bits per heavy atom. The molecule has 0 aromatic carbocycles. The molecule has 66 valence electrons. The molecule has 1 atom stereocenters. The third-order valence-electron chi connectivity index (χ3n) is 1.49. The highest BCUT2D eigenvalue weighted by Gasteiger charge is 2.48. The number of nitrogens with zero attached hydrogens (tertiary/aromatic N) is 1. The van der Waals surface area contributed by atoms with Crippen LogP contribution in [0.2, 0.25) is 0 Å². The molecule has 1 aliphatic carbocycles. The Bertz CT molecular complexity index is 289. The van der Waals surface area contributed by atoms with Crippen LogP contribution in [0.3, 0.4) is 0 Å².